The number of aldehydes is 1. The van der Waals surface area contributed by atoms with Gasteiger partial charge in [0.15, 0.2) is 0 Å². The third-order valence-corrected chi connectivity index (χ3v) is 7.22. The van der Waals surface area contributed by atoms with E-state index in [2.05, 4.69) is 19.2 Å². The fourth-order valence-corrected chi connectivity index (χ4v) is 5.30. The zero-order valence-corrected chi connectivity index (χ0v) is 20.4. The van der Waals surface area contributed by atoms with Gasteiger partial charge in [-0.2, -0.15) is 0 Å². The number of hydrogen-bond acceptors (Lipinski definition) is 7. The van der Waals surface area contributed by atoms with Crippen LogP contribution in [0.1, 0.15) is 60.9 Å². The molecule has 1 fully saturated rings. The normalized spacial score (nSPS) is 16.3. The lowest BCUT2D eigenvalue weighted by atomic mass is 9.99. The molecule has 4 heterocycles. The SMILES string of the molecule is CC(C)c1csc(CCc2ccn3c(=O)c(CCC(=O)O)c(N4CCCC(C=O)C4)nc3c2)n1. The summed E-state index contributed by atoms with van der Waals surface area (Å²) < 4.78 is 1.49. The number of carbonyl (C=O) groups is 2. The topological polar surface area (TPSA) is 105 Å². The number of fused-ring (bicyclic) bond motifs is 1. The summed E-state index contributed by atoms with van der Waals surface area (Å²) >= 11 is 1.67. The molecule has 1 N–H and O–H groups in total. The van der Waals surface area contributed by atoms with Gasteiger partial charge in [0.2, 0.25) is 0 Å². The zero-order chi connectivity index (χ0) is 24.2. The Bertz CT molecular complexity index is 1250. The first kappa shape index (κ1) is 24.1. The number of rotatable bonds is 9. The summed E-state index contributed by atoms with van der Waals surface area (Å²) in [6.07, 6.45) is 5.87. The predicted octanol–water partition coefficient (Wildman–Crippen LogP) is 3.49. The summed E-state index contributed by atoms with van der Waals surface area (Å²) in [6, 6.07) is 3.83. The average molecular weight is 483 g/mol. The van der Waals surface area contributed by atoms with E-state index < -0.39 is 5.97 Å². The molecule has 8 nitrogen and oxygen atoms in total. The molecule has 1 atom stereocenters. The Morgan fingerprint density at radius 3 is 2.82 bits per heavy atom. The third kappa shape index (κ3) is 5.35. The summed E-state index contributed by atoms with van der Waals surface area (Å²) in [7, 11) is 0. The van der Waals surface area contributed by atoms with E-state index in [4.69, 9.17) is 9.97 Å². The predicted molar refractivity (Wildman–Crippen MR) is 132 cm³/mol. The van der Waals surface area contributed by atoms with Crippen LogP contribution in [0.5, 0.6) is 0 Å². The van der Waals surface area contributed by atoms with Gasteiger partial charge in [0, 0.05) is 43.4 Å². The van der Waals surface area contributed by atoms with Gasteiger partial charge in [0.1, 0.15) is 17.8 Å². The highest BCUT2D eigenvalue weighted by Crippen LogP contribution is 2.25. The summed E-state index contributed by atoms with van der Waals surface area (Å²) in [5.74, 6) is -0.153. The lowest BCUT2D eigenvalue weighted by molar-refractivity contribution is -0.137. The van der Waals surface area contributed by atoms with Crippen LogP contribution in [0.25, 0.3) is 5.65 Å². The number of thiazole rings is 1. The van der Waals surface area contributed by atoms with Crippen LogP contribution >= 0.6 is 11.3 Å². The molecule has 1 saturated heterocycles. The number of carboxylic acid groups (broad SMARTS) is 1. The maximum atomic E-state index is 13.3. The van der Waals surface area contributed by atoms with Gasteiger partial charge in [0.25, 0.3) is 5.56 Å². The van der Waals surface area contributed by atoms with E-state index in [0.717, 1.165) is 48.2 Å². The van der Waals surface area contributed by atoms with Crippen LogP contribution in [-0.4, -0.2) is 44.8 Å². The fourth-order valence-electron chi connectivity index (χ4n) is 4.34. The van der Waals surface area contributed by atoms with Gasteiger partial charge < -0.3 is 14.8 Å². The lowest BCUT2D eigenvalue weighted by Gasteiger charge is -2.32. The van der Waals surface area contributed by atoms with Crippen LogP contribution in [-0.2, 0) is 28.9 Å². The average Bonchev–Trinajstić information content (AvgIpc) is 3.31. The van der Waals surface area contributed by atoms with Crippen LogP contribution in [0.4, 0.5) is 5.82 Å². The molecule has 3 aromatic heterocycles. The van der Waals surface area contributed by atoms with E-state index >= 15 is 0 Å². The smallest absolute Gasteiger partial charge is 0.303 e. The molecule has 0 saturated carbocycles. The van der Waals surface area contributed by atoms with Crippen molar-refractivity contribution in [2.45, 2.75) is 58.3 Å². The van der Waals surface area contributed by atoms with Crippen LogP contribution in [0.3, 0.4) is 0 Å². The molecule has 1 unspecified atom stereocenters. The minimum Gasteiger partial charge on any atom is -0.481 e. The van der Waals surface area contributed by atoms with E-state index in [9.17, 15) is 19.5 Å². The first-order valence-electron chi connectivity index (χ1n) is 11.8. The van der Waals surface area contributed by atoms with Crippen molar-refractivity contribution in [1.82, 2.24) is 14.4 Å². The zero-order valence-electron chi connectivity index (χ0n) is 19.6. The lowest BCUT2D eigenvalue weighted by Crippen LogP contribution is -2.39. The molecule has 9 heteroatoms. The molecule has 0 radical (unpaired) electrons. The number of carbonyl (C=O) groups excluding carboxylic acids is 1. The van der Waals surface area contributed by atoms with E-state index in [0.29, 0.717) is 36.0 Å². The Kier molecular flexibility index (Phi) is 7.41. The Hall–Kier alpha value is -3.07. The van der Waals surface area contributed by atoms with Gasteiger partial charge in [-0.05, 0) is 49.3 Å². The molecule has 0 bridgehead atoms. The molecular formula is C25H30N4O4S. The van der Waals surface area contributed by atoms with E-state index in [1.807, 2.05) is 17.0 Å². The van der Waals surface area contributed by atoms with Crippen LogP contribution in [0.2, 0.25) is 0 Å². The molecule has 0 spiro atoms. The number of nitrogens with zero attached hydrogens (tertiary/aromatic N) is 4. The quantitative estimate of drug-likeness (QED) is 0.466. The molecular weight excluding hydrogens is 452 g/mol. The Labute approximate surface area is 202 Å². The second kappa shape index (κ2) is 10.5. The number of piperidine rings is 1. The second-order valence-corrected chi connectivity index (χ2v) is 10.1. The van der Waals surface area contributed by atoms with Gasteiger partial charge in [-0.1, -0.05) is 13.8 Å². The Morgan fingerprint density at radius 1 is 1.29 bits per heavy atom. The largest absolute Gasteiger partial charge is 0.481 e. The van der Waals surface area contributed by atoms with Gasteiger partial charge in [-0.3, -0.25) is 14.0 Å². The van der Waals surface area contributed by atoms with E-state index in [1.54, 1.807) is 17.5 Å². The third-order valence-electron chi connectivity index (χ3n) is 6.29. The van der Waals surface area contributed by atoms with Crippen LogP contribution < -0.4 is 10.5 Å². The van der Waals surface area contributed by atoms with E-state index in [1.165, 1.54) is 4.40 Å². The molecule has 180 valence electrons. The number of aliphatic carboxylic acids is 1. The van der Waals surface area contributed by atoms with Crippen molar-refractivity contribution in [2.75, 3.05) is 18.0 Å². The minimum atomic E-state index is -0.960. The highest BCUT2D eigenvalue weighted by Gasteiger charge is 2.25. The van der Waals surface area contributed by atoms with E-state index in [-0.39, 0.29) is 24.3 Å². The number of pyridine rings is 1. The maximum absolute atomic E-state index is 13.3. The second-order valence-electron chi connectivity index (χ2n) is 9.18. The van der Waals surface area contributed by atoms with Crippen molar-refractivity contribution < 1.29 is 14.7 Å². The number of aromatic nitrogens is 3. The van der Waals surface area contributed by atoms with Crippen molar-refractivity contribution in [2.24, 2.45) is 5.92 Å². The van der Waals surface area contributed by atoms with Crippen molar-refractivity contribution in [3.05, 3.63) is 55.9 Å². The highest BCUT2D eigenvalue weighted by atomic mass is 32.1. The fraction of sp³-hybridized carbons (Fsp3) is 0.480. The number of aryl methyl sites for hydroxylation is 2. The Balaban J connectivity index is 1.66. The van der Waals surface area contributed by atoms with Crippen molar-refractivity contribution in [1.29, 1.82) is 0 Å². The standard InChI is InChI=1S/C25H30N4O4S/c1-16(2)20-15-34-22(26-20)7-5-17-9-11-29-21(12-17)27-24(19(25(29)33)6-8-23(31)32)28-10-3-4-18(13-28)14-30/h9,11-12,14-16,18H,3-8,10,13H2,1-2H3,(H,31,32). The summed E-state index contributed by atoms with van der Waals surface area (Å²) in [6.45, 7) is 5.45. The molecule has 0 amide bonds. The molecule has 34 heavy (non-hydrogen) atoms. The molecule has 4 rings (SSSR count). The molecule has 1 aliphatic rings. The van der Waals surface area contributed by atoms with Gasteiger partial charge in [0.05, 0.1) is 16.3 Å². The van der Waals surface area contributed by atoms with Crippen LogP contribution in [0, 0.1) is 5.92 Å². The maximum Gasteiger partial charge on any atom is 0.303 e. The monoisotopic (exact) mass is 482 g/mol. The summed E-state index contributed by atoms with van der Waals surface area (Å²) in [5.41, 5.74) is 2.85. The van der Waals surface area contributed by atoms with Crippen molar-refractivity contribution in [3.8, 4) is 0 Å². The minimum absolute atomic E-state index is 0.103. The highest BCUT2D eigenvalue weighted by molar-refractivity contribution is 7.09. The summed E-state index contributed by atoms with van der Waals surface area (Å²) in [5, 5.41) is 12.4. The molecule has 0 aliphatic carbocycles. The van der Waals surface area contributed by atoms with Gasteiger partial charge in [-0.15, -0.1) is 11.3 Å². The van der Waals surface area contributed by atoms with Crippen molar-refractivity contribution in [3.63, 3.8) is 0 Å². The number of hydrogen-bond donors (Lipinski definition) is 1. The van der Waals surface area contributed by atoms with Gasteiger partial charge >= 0.3 is 5.97 Å². The number of anilines is 1. The van der Waals surface area contributed by atoms with Crippen LogP contribution in [0.15, 0.2) is 28.5 Å². The molecule has 3 aromatic rings. The van der Waals surface area contributed by atoms with Gasteiger partial charge in [-0.25, -0.2) is 9.97 Å². The first-order valence-corrected chi connectivity index (χ1v) is 12.6. The first-order chi connectivity index (χ1) is 16.4. The molecule has 1 aliphatic heterocycles. The molecule has 0 aromatic carbocycles. The Morgan fingerprint density at radius 2 is 2.12 bits per heavy atom. The summed E-state index contributed by atoms with van der Waals surface area (Å²) in [4.78, 5) is 47.4. The number of carboxylic acids is 1. The van der Waals surface area contributed by atoms with Crippen molar-refractivity contribution >= 4 is 35.1 Å².